The summed E-state index contributed by atoms with van der Waals surface area (Å²) in [6, 6.07) is 7.70. The second-order valence-electron chi connectivity index (χ2n) is 6.16. The molecule has 3 rings (SSSR count). The zero-order valence-corrected chi connectivity index (χ0v) is 14.8. The molecule has 8 nitrogen and oxygen atoms in total. The molecule has 1 saturated heterocycles. The van der Waals surface area contributed by atoms with Crippen LogP contribution in [0.4, 0.5) is 0 Å². The van der Waals surface area contributed by atoms with E-state index < -0.39 is 10.0 Å². The van der Waals surface area contributed by atoms with Crippen LogP contribution in [0.1, 0.15) is 18.4 Å². The number of benzene rings is 1. The summed E-state index contributed by atoms with van der Waals surface area (Å²) in [7, 11) is -3.16. The van der Waals surface area contributed by atoms with Gasteiger partial charge in [-0.25, -0.2) is 22.4 Å². The van der Waals surface area contributed by atoms with E-state index in [2.05, 4.69) is 15.4 Å². The van der Waals surface area contributed by atoms with Gasteiger partial charge in [-0.3, -0.25) is 4.79 Å². The molecule has 0 aliphatic carbocycles. The van der Waals surface area contributed by atoms with Crippen molar-refractivity contribution < 1.29 is 13.2 Å². The van der Waals surface area contributed by atoms with Crippen molar-refractivity contribution in [3.05, 3.63) is 42.5 Å². The molecule has 1 N–H and O–H groups in total. The first kappa shape index (κ1) is 17.6. The molecule has 0 atom stereocenters. The quantitative estimate of drug-likeness (QED) is 0.837. The largest absolute Gasteiger partial charge is 0.352 e. The summed E-state index contributed by atoms with van der Waals surface area (Å²) in [4.78, 5) is 16.2. The van der Waals surface area contributed by atoms with Crippen LogP contribution in [0.3, 0.4) is 0 Å². The topological polar surface area (TPSA) is 97.2 Å². The van der Waals surface area contributed by atoms with E-state index in [-0.39, 0.29) is 11.8 Å². The van der Waals surface area contributed by atoms with Crippen LogP contribution in [0.2, 0.25) is 0 Å². The Labute approximate surface area is 146 Å². The third-order valence-electron chi connectivity index (χ3n) is 4.38. The molecule has 1 fully saturated rings. The molecule has 134 valence electrons. The Morgan fingerprint density at radius 2 is 1.92 bits per heavy atom. The average molecular weight is 363 g/mol. The Kier molecular flexibility index (Phi) is 5.14. The molecule has 0 bridgehead atoms. The van der Waals surface area contributed by atoms with Gasteiger partial charge in [0.15, 0.2) is 0 Å². The summed E-state index contributed by atoms with van der Waals surface area (Å²) >= 11 is 0. The van der Waals surface area contributed by atoms with Crippen molar-refractivity contribution in [3.8, 4) is 5.69 Å². The zero-order chi connectivity index (χ0) is 17.9. The van der Waals surface area contributed by atoms with Crippen molar-refractivity contribution in [1.29, 1.82) is 0 Å². The van der Waals surface area contributed by atoms with E-state index in [0.29, 0.717) is 32.5 Å². The van der Waals surface area contributed by atoms with Gasteiger partial charge in [0.1, 0.15) is 12.7 Å². The number of carbonyl (C=O) groups is 1. The molecule has 0 radical (unpaired) electrons. The number of rotatable bonds is 5. The number of nitrogens with zero attached hydrogens (tertiary/aromatic N) is 4. The van der Waals surface area contributed by atoms with Gasteiger partial charge in [0.25, 0.3) is 0 Å². The lowest BCUT2D eigenvalue weighted by Gasteiger charge is -2.29. The molecule has 2 heterocycles. The van der Waals surface area contributed by atoms with Crippen molar-refractivity contribution in [1.82, 2.24) is 24.4 Å². The highest BCUT2D eigenvalue weighted by Gasteiger charge is 2.28. The SMILES string of the molecule is CS(=O)(=O)N1CCC(C(=O)NCc2ccc(-n3cncn3)cc2)CC1. The van der Waals surface area contributed by atoms with Gasteiger partial charge in [0, 0.05) is 25.6 Å². The smallest absolute Gasteiger partial charge is 0.223 e. The molecular weight excluding hydrogens is 342 g/mol. The van der Waals surface area contributed by atoms with E-state index in [0.717, 1.165) is 11.3 Å². The van der Waals surface area contributed by atoms with Crippen LogP contribution in [0, 0.1) is 5.92 Å². The van der Waals surface area contributed by atoms with Crippen molar-refractivity contribution in [2.75, 3.05) is 19.3 Å². The third-order valence-corrected chi connectivity index (χ3v) is 5.68. The summed E-state index contributed by atoms with van der Waals surface area (Å²) < 4.78 is 26.1. The molecule has 1 aliphatic rings. The minimum Gasteiger partial charge on any atom is -0.352 e. The normalized spacial score (nSPS) is 16.7. The first-order valence-electron chi connectivity index (χ1n) is 8.10. The van der Waals surface area contributed by atoms with Gasteiger partial charge < -0.3 is 5.32 Å². The molecule has 9 heteroatoms. The summed E-state index contributed by atoms with van der Waals surface area (Å²) in [5.41, 5.74) is 1.89. The van der Waals surface area contributed by atoms with Crippen LogP contribution in [-0.4, -0.2) is 52.7 Å². The standard InChI is InChI=1S/C16H21N5O3S/c1-25(23,24)20-8-6-14(7-9-20)16(22)18-10-13-2-4-15(5-3-13)21-12-17-11-19-21/h2-5,11-12,14H,6-10H2,1H3,(H,18,22). The molecule has 1 aromatic heterocycles. The molecule has 0 spiro atoms. The lowest BCUT2D eigenvalue weighted by atomic mass is 9.97. The van der Waals surface area contributed by atoms with Crippen LogP contribution in [0.25, 0.3) is 5.69 Å². The van der Waals surface area contributed by atoms with Crippen LogP contribution >= 0.6 is 0 Å². The van der Waals surface area contributed by atoms with Crippen LogP contribution in [-0.2, 0) is 21.4 Å². The number of piperidine rings is 1. The molecule has 2 aromatic rings. The Morgan fingerprint density at radius 1 is 1.24 bits per heavy atom. The highest BCUT2D eigenvalue weighted by Crippen LogP contribution is 2.19. The van der Waals surface area contributed by atoms with Gasteiger partial charge in [0.05, 0.1) is 11.9 Å². The van der Waals surface area contributed by atoms with Gasteiger partial charge in [-0.15, -0.1) is 0 Å². The van der Waals surface area contributed by atoms with Gasteiger partial charge >= 0.3 is 0 Å². The van der Waals surface area contributed by atoms with E-state index in [1.54, 1.807) is 11.0 Å². The molecule has 1 aromatic carbocycles. The average Bonchev–Trinajstić information content (AvgIpc) is 3.14. The first-order chi connectivity index (χ1) is 11.9. The fourth-order valence-electron chi connectivity index (χ4n) is 2.89. The molecular formula is C16H21N5O3S. The molecule has 0 unspecified atom stereocenters. The van der Waals surface area contributed by atoms with Crippen LogP contribution < -0.4 is 5.32 Å². The maximum absolute atomic E-state index is 12.3. The van der Waals surface area contributed by atoms with Crippen molar-refractivity contribution >= 4 is 15.9 Å². The highest BCUT2D eigenvalue weighted by molar-refractivity contribution is 7.88. The molecule has 25 heavy (non-hydrogen) atoms. The van der Waals surface area contributed by atoms with E-state index in [1.165, 1.54) is 16.9 Å². The number of aromatic nitrogens is 3. The number of nitrogens with one attached hydrogen (secondary N) is 1. The third kappa shape index (κ3) is 4.43. The Bertz CT molecular complexity index is 810. The lowest BCUT2D eigenvalue weighted by Crippen LogP contribution is -2.42. The number of carbonyl (C=O) groups excluding carboxylic acids is 1. The first-order valence-corrected chi connectivity index (χ1v) is 9.95. The van der Waals surface area contributed by atoms with E-state index >= 15 is 0 Å². The summed E-state index contributed by atoms with van der Waals surface area (Å²) in [5, 5.41) is 7.00. The minimum absolute atomic E-state index is 0.0199. The van der Waals surface area contributed by atoms with Gasteiger partial charge in [-0.05, 0) is 30.5 Å². The van der Waals surface area contributed by atoms with E-state index in [4.69, 9.17) is 0 Å². The summed E-state index contributed by atoms with van der Waals surface area (Å²) in [5.74, 6) is -0.152. The van der Waals surface area contributed by atoms with Gasteiger partial charge in [-0.1, -0.05) is 12.1 Å². The van der Waals surface area contributed by atoms with E-state index in [1.807, 2.05) is 24.3 Å². The predicted octanol–water partition coefficient (Wildman–Crippen LogP) is 0.555. The van der Waals surface area contributed by atoms with Crippen molar-refractivity contribution in [2.45, 2.75) is 19.4 Å². The highest BCUT2D eigenvalue weighted by atomic mass is 32.2. The monoisotopic (exact) mass is 363 g/mol. The second kappa shape index (κ2) is 7.32. The number of hydrogen-bond acceptors (Lipinski definition) is 5. The Hall–Kier alpha value is -2.26. The summed E-state index contributed by atoms with van der Waals surface area (Å²) in [6.07, 6.45) is 5.42. The molecule has 0 saturated carbocycles. The van der Waals surface area contributed by atoms with E-state index in [9.17, 15) is 13.2 Å². The Balaban J connectivity index is 1.49. The zero-order valence-electron chi connectivity index (χ0n) is 14.0. The Morgan fingerprint density at radius 3 is 2.48 bits per heavy atom. The minimum atomic E-state index is -3.16. The number of sulfonamides is 1. The van der Waals surface area contributed by atoms with Crippen LogP contribution in [0.5, 0.6) is 0 Å². The fraction of sp³-hybridized carbons (Fsp3) is 0.438. The maximum Gasteiger partial charge on any atom is 0.223 e. The fourth-order valence-corrected chi connectivity index (χ4v) is 3.77. The summed E-state index contributed by atoms with van der Waals surface area (Å²) in [6.45, 7) is 1.26. The van der Waals surface area contributed by atoms with Gasteiger partial charge in [-0.2, -0.15) is 5.10 Å². The molecule has 1 aliphatic heterocycles. The molecule has 1 amide bonds. The number of amides is 1. The van der Waals surface area contributed by atoms with Crippen molar-refractivity contribution in [2.24, 2.45) is 5.92 Å². The van der Waals surface area contributed by atoms with Crippen LogP contribution in [0.15, 0.2) is 36.9 Å². The lowest BCUT2D eigenvalue weighted by molar-refractivity contribution is -0.126. The second-order valence-corrected chi connectivity index (χ2v) is 8.14. The maximum atomic E-state index is 12.3. The number of hydrogen-bond donors (Lipinski definition) is 1. The predicted molar refractivity (Wildman–Crippen MR) is 92.3 cm³/mol. The van der Waals surface area contributed by atoms with Gasteiger partial charge in [0.2, 0.25) is 15.9 Å². The van der Waals surface area contributed by atoms with Crippen molar-refractivity contribution in [3.63, 3.8) is 0 Å².